The van der Waals surface area contributed by atoms with E-state index in [0.717, 1.165) is 17.9 Å². The minimum atomic E-state index is 1.08. The molecule has 66 valence electrons. The molecule has 0 heterocycles. The first-order chi connectivity index (χ1) is 5.70. The van der Waals surface area contributed by atoms with Crippen LogP contribution in [0.3, 0.4) is 0 Å². The van der Waals surface area contributed by atoms with Gasteiger partial charge in [0.25, 0.3) is 0 Å². The zero-order chi connectivity index (χ0) is 8.97. The van der Waals surface area contributed by atoms with Crippen LogP contribution in [0, 0.1) is 0 Å². The lowest BCUT2D eigenvalue weighted by molar-refractivity contribution is 0.412. The van der Waals surface area contributed by atoms with Crippen LogP contribution in [0.15, 0.2) is 29.2 Å². The summed E-state index contributed by atoms with van der Waals surface area (Å²) in [6, 6.07) is 8.24. The zero-order valence-corrected chi connectivity index (χ0v) is 8.51. The van der Waals surface area contributed by atoms with Crippen molar-refractivity contribution in [3.05, 3.63) is 29.8 Å². The molecule has 0 saturated heterocycles. The van der Waals surface area contributed by atoms with Gasteiger partial charge in [0.15, 0.2) is 0 Å². The summed E-state index contributed by atoms with van der Waals surface area (Å²) in [5.41, 5.74) is 1.33. The van der Waals surface area contributed by atoms with E-state index in [1.54, 1.807) is 0 Å². The van der Waals surface area contributed by atoms with E-state index in [2.05, 4.69) is 43.8 Å². The Morgan fingerprint density at radius 3 is 2.50 bits per heavy atom. The molecule has 0 bridgehead atoms. The van der Waals surface area contributed by atoms with Crippen molar-refractivity contribution in [2.75, 3.05) is 20.6 Å². The Kier molecular flexibility index (Phi) is 3.63. The predicted octanol–water partition coefficient (Wildman–Crippen LogP) is 2.08. The largest absolute Gasteiger partial charge is 0.309 e. The fraction of sp³-hybridized carbons (Fsp3) is 0.400. The van der Waals surface area contributed by atoms with Gasteiger partial charge in [-0.25, -0.2) is 0 Å². The molecule has 1 rings (SSSR count). The van der Waals surface area contributed by atoms with Gasteiger partial charge < -0.3 is 4.90 Å². The zero-order valence-electron chi connectivity index (χ0n) is 7.62. The van der Waals surface area contributed by atoms with Gasteiger partial charge in [-0.05, 0) is 32.1 Å². The van der Waals surface area contributed by atoms with E-state index in [9.17, 15) is 0 Å². The minimum absolute atomic E-state index is 1.08. The van der Waals surface area contributed by atoms with Gasteiger partial charge in [-0.15, -0.1) is 12.6 Å². The maximum atomic E-state index is 4.38. The third kappa shape index (κ3) is 2.88. The Bertz CT molecular complexity index is 245. The summed E-state index contributed by atoms with van der Waals surface area (Å²) in [7, 11) is 4.17. The van der Waals surface area contributed by atoms with Crippen molar-refractivity contribution in [2.24, 2.45) is 0 Å². The quantitative estimate of drug-likeness (QED) is 0.699. The number of benzene rings is 1. The number of rotatable bonds is 3. The average Bonchev–Trinajstić information content (AvgIpc) is 2.03. The summed E-state index contributed by atoms with van der Waals surface area (Å²) < 4.78 is 0. The number of nitrogens with zero attached hydrogens (tertiary/aromatic N) is 1. The third-order valence-corrected chi connectivity index (χ3v) is 2.26. The van der Waals surface area contributed by atoms with Crippen molar-refractivity contribution >= 4 is 12.6 Å². The number of thiol groups is 1. The van der Waals surface area contributed by atoms with Crippen LogP contribution in [0.2, 0.25) is 0 Å². The van der Waals surface area contributed by atoms with Gasteiger partial charge >= 0.3 is 0 Å². The van der Waals surface area contributed by atoms with Gasteiger partial charge in [0.1, 0.15) is 0 Å². The first-order valence-electron chi connectivity index (χ1n) is 4.12. The van der Waals surface area contributed by atoms with Crippen LogP contribution in [0.4, 0.5) is 0 Å². The predicted molar refractivity (Wildman–Crippen MR) is 56.0 cm³/mol. The Hall–Kier alpha value is -0.470. The average molecular weight is 181 g/mol. The second kappa shape index (κ2) is 4.53. The standard InChI is InChI=1S/C10H15NS/c1-11(2)8-7-9-5-3-4-6-10(9)12/h3-6,12H,7-8H2,1-2H3. The lowest BCUT2D eigenvalue weighted by atomic mass is 10.1. The molecule has 1 aromatic rings. The number of hydrogen-bond acceptors (Lipinski definition) is 2. The number of likely N-dealkylation sites (N-methyl/N-ethyl adjacent to an activating group) is 1. The van der Waals surface area contributed by atoms with Crippen molar-refractivity contribution in [1.29, 1.82) is 0 Å². The van der Waals surface area contributed by atoms with E-state index >= 15 is 0 Å². The molecule has 2 heteroatoms. The monoisotopic (exact) mass is 181 g/mol. The first kappa shape index (κ1) is 9.62. The smallest absolute Gasteiger partial charge is 0.00725 e. The summed E-state index contributed by atoms with van der Waals surface area (Å²) in [5, 5.41) is 0. The Labute approximate surface area is 79.8 Å². The molecular formula is C10H15NS. The van der Waals surface area contributed by atoms with Gasteiger partial charge in [-0.1, -0.05) is 18.2 Å². The van der Waals surface area contributed by atoms with Crippen LogP contribution in [0.5, 0.6) is 0 Å². The van der Waals surface area contributed by atoms with E-state index in [1.165, 1.54) is 5.56 Å². The van der Waals surface area contributed by atoms with E-state index < -0.39 is 0 Å². The van der Waals surface area contributed by atoms with Crippen LogP contribution < -0.4 is 0 Å². The molecule has 0 unspecified atom stereocenters. The molecule has 0 amide bonds. The lowest BCUT2D eigenvalue weighted by Gasteiger charge is -2.10. The molecule has 0 aliphatic heterocycles. The SMILES string of the molecule is CN(C)CCc1ccccc1S. The van der Waals surface area contributed by atoms with Gasteiger partial charge in [0.2, 0.25) is 0 Å². The third-order valence-electron chi connectivity index (χ3n) is 1.82. The van der Waals surface area contributed by atoms with Gasteiger partial charge in [0, 0.05) is 11.4 Å². The fourth-order valence-corrected chi connectivity index (χ4v) is 1.34. The Balaban J connectivity index is 2.57. The highest BCUT2D eigenvalue weighted by Gasteiger charge is 1.97. The highest BCUT2D eigenvalue weighted by atomic mass is 32.1. The van der Waals surface area contributed by atoms with Crippen LogP contribution in [0.1, 0.15) is 5.56 Å². The minimum Gasteiger partial charge on any atom is -0.309 e. The van der Waals surface area contributed by atoms with Crippen LogP contribution in [-0.2, 0) is 6.42 Å². The second-order valence-corrected chi connectivity index (χ2v) is 3.66. The summed E-state index contributed by atoms with van der Waals surface area (Å²) in [6.07, 6.45) is 1.08. The molecule has 0 radical (unpaired) electrons. The molecule has 0 N–H and O–H groups in total. The molecule has 0 atom stereocenters. The van der Waals surface area contributed by atoms with Crippen LogP contribution in [-0.4, -0.2) is 25.5 Å². The maximum Gasteiger partial charge on any atom is 0.00725 e. The fourth-order valence-electron chi connectivity index (χ4n) is 1.07. The van der Waals surface area contributed by atoms with Crippen molar-refractivity contribution in [3.8, 4) is 0 Å². The Morgan fingerprint density at radius 1 is 1.25 bits per heavy atom. The molecule has 12 heavy (non-hydrogen) atoms. The van der Waals surface area contributed by atoms with Gasteiger partial charge in [0.05, 0.1) is 0 Å². The van der Waals surface area contributed by atoms with Crippen molar-refractivity contribution < 1.29 is 0 Å². The molecule has 0 saturated carbocycles. The van der Waals surface area contributed by atoms with Crippen LogP contribution >= 0.6 is 12.6 Å². The summed E-state index contributed by atoms with van der Waals surface area (Å²) in [4.78, 5) is 3.28. The van der Waals surface area contributed by atoms with Gasteiger partial charge in [-0.3, -0.25) is 0 Å². The van der Waals surface area contributed by atoms with E-state index in [1.807, 2.05) is 12.1 Å². The van der Waals surface area contributed by atoms with E-state index in [0.29, 0.717) is 0 Å². The molecule has 1 nitrogen and oxygen atoms in total. The maximum absolute atomic E-state index is 4.38. The molecule has 0 aromatic heterocycles. The molecule has 0 fully saturated rings. The number of hydrogen-bond donors (Lipinski definition) is 1. The molecule has 0 aliphatic rings. The molecule has 0 spiro atoms. The summed E-state index contributed by atoms with van der Waals surface area (Å²) >= 11 is 4.38. The van der Waals surface area contributed by atoms with Crippen molar-refractivity contribution in [2.45, 2.75) is 11.3 Å². The Morgan fingerprint density at radius 2 is 1.92 bits per heavy atom. The summed E-state index contributed by atoms with van der Waals surface area (Å²) in [6.45, 7) is 1.08. The van der Waals surface area contributed by atoms with E-state index in [-0.39, 0.29) is 0 Å². The molecular weight excluding hydrogens is 166 g/mol. The van der Waals surface area contributed by atoms with Crippen LogP contribution in [0.25, 0.3) is 0 Å². The van der Waals surface area contributed by atoms with Crippen molar-refractivity contribution in [1.82, 2.24) is 4.90 Å². The molecule has 1 aromatic carbocycles. The van der Waals surface area contributed by atoms with E-state index in [4.69, 9.17) is 0 Å². The van der Waals surface area contributed by atoms with Crippen molar-refractivity contribution in [3.63, 3.8) is 0 Å². The van der Waals surface area contributed by atoms with Gasteiger partial charge in [-0.2, -0.15) is 0 Å². The second-order valence-electron chi connectivity index (χ2n) is 3.18. The lowest BCUT2D eigenvalue weighted by Crippen LogP contribution is -2.15. The first-order valence-corrected chi connectivity index (χ1v) is 4.56. The highest BCUT2D eigenvalue weighted by Crippen LogP contribution is 2.13. The topological polar surface area (TPSA) is 3.24 Å². The molecule has 0 aliphatic carbocycles. The normalized spacial score (nSPS) is 10.7. The summed E-state index contributed by atoms with van der Waals surface area (Å²) in [5.74, 6) is 0. The highest BCUT2D eigenvalue weighted by molar-refractivity contribution is 7.80.